The van der Waals surface area contributed by atoms with E-state index in [-0.39, 0.29) is 30.5 Å². The third-order valence-corrected chi connectivity index (χ3v) is 4.83. The van der Waals surface area contributed by atoms with E-state index in [9.17, 15) is 9.90 Å². The Morgan fingerprint density at radius 1 is 1.39 bits per heavy atom. The van der Waals surface area contributed by atoms with Gasteiger partial charge in [0.15, 0.2) is 0 Å². The number of anilines is 1. The number of benzene rings is 1. The quantitative estimate of drug-likeness (QED) is 0.794. The van der Waals surface area contributed by atoms with E-state index in [1.807, 2.05) is 13.2 Å². The molecule has 0 aliphatic carbocycles. The molecule has 0 saturated carbocycles. The van der Waals surface area contributed by atoms with Crippen LogP contribution in [0.25, 0.3) is 10.9 Å². The zero-order valence-corrected chi connectivity index (χ0v) is 14.2. The van der Waals surface area contributed by atoms with Gasteiger partial charge in [-0.25, -0.2) is 0 Å². The minimum absolute atomic E-state index is 0.0237. The fourth-order valence-corrected chi connectivity index (χ4v) is 3.68. The second kappa shape index (κ2) is 5.89. The van der Waals surface area contributed by atoms with Gasteiger partial charge in [-0.05, 0) is 36.5 Å². The van der Waals surface area contributed by atoms with Gasteiger partial charge >= 0.3 is 0 Å². The number of nitrogens with zero attached hydrogens (tertiary/aromatic N) is 1. The van der Waals surface area contributed by atoms with Crippen molar-refractivity contribution < 1.29 is 9.90 Å². The summed E-state index contributed by atoms with van der Waals surface area (Å²) in [4.78, 5) is 18.2. The van der Waals surface area contributed by atoms with Crippen molar-refractivity contribution in [2.45, 2.75) is 39.3 Å². The van der Waals surface area contributed by atoms with Gasteiger partial charge in [-0.3, -0.25) is 4.79 Å². The molecule has 3 N–H and O–H groups in total. The maximum absolute atomic E-state index is 12.7. The zero-order chi connectivity index (χ0) is 16.7. The van der Waals surface area contributed by atoms with E-state index in [1.165, 1.54) is 5.56 Å². The van der Waals surface area contributed by atoms with Crippen LogP contribution in [0.1, 0.15) is 25.0 Å². The van der Waals surface area contributed by atoms with Crippen molar-refractivity contribution in [2.24, 2.45) is 5.92 Å². The smallest absolute Gasteiger partial charge is 0.243 e. The molecule has 1 aromatic carbocycles. The number of hydrogen-bond donors (Lipinski definition) is 3. The Hall–Kier alpha value is -2.01. The molecule has 2 aromatic rings. The van der Waals surface area contributed by atoms with Gasteiger partial charge in [0.25, 0.3) is 0 Å². The van der Waals surface area contributed by atoms with Gasteiger partial charge in [0.05, 0.1) is 18.2 Å². The molecular weight excluding hydrogens is 290 g/mol. The Labute approximate surface area is 136 Å². The average Bonchev–Trinajstić information content (AvgIpc) is 2.91. The van der Waals surface area contributed by atoms with Crippen molar-refractivity contribution in [1.29, 1.82) is 0 Å². The van der Waals surface area contributed by atoms with Gasteiger partial charge < -0.3 is 20.3 Å². The van der Waals surface area contributed by atoms with Gasteiger partial charge in [0.2, 0.25) is 5.91 Å². The highest BCUT2D eigenvalue weighted by molar-refractivity contribution is 5.99. The number of amides is 1. The first kappa shape index (κ1) is 15.9. The first-order chi connectivity index (χ1) is 10.9. The van der Waals surface area contributed by atoms with E-state index < -0.39 is 0 Å². The molecule has 0 bridgehead atoms. The lowest BCUT2D eigenvalue weighted by Crippen LogP contribution is -2.52. The molecule has 5 heteroatoms. The molecule has 0 spiro atoms. The molecule has 1 amide bonds. The Morgan fingerprint density at radius 3 is 2.78 bits per heavy atom. The number of likely N-dealkylation sites (N-methyl/N-ethyl adjacent to an activating group) is 1. The fraction of sp³-hybridized carbons (Fsp3) is 0.500. The minimum Gasteiger partial charge on any atom is -0.394 e. The number of H-pyrrole nitrogens is 1. The number of aryl methyl sites for hydroxylation is 1. The highest BCUT2D eigenvalue weighted by Gasteiger charge is 2.31. The van der Waals surface area contributed by atoms with Crippen molar-refractivity contribution in [2.75, 3.05) is 18.6 Å². The van der Waals surface area contributed by atoms with E-state index in [1.54, 1.807) is 0 Å². The van der Waals surface area contributed by atoms with E-state index in [0.717, 1.165) is 22.2 Å². The normalized spacial score (nSPS) is 22.0. The van der Waals surface area contributed by atoms with Crippen LogP contribution in [0.4, 0.5) is 5.69 Å². The number of nitrogens with one attached hydrogen (secondary N) is 2. The van der Waals surface area contributed by atoms with Crippen LogP contribution in [0.3, 0.4) is 0 Å². The third kappa shape index (κ3) is 2.59. The second-order valence-electron chi connectivity index (χ2n) is 6.86. The summed E-state index contributed by atoms with van der Waals surface area (Å²) >= 11 is 0. The summed E-state index contributed by atoms with van der Waals surface area (Å²) in [6.45, 7) is 6.12. The summed E-state index contributed by atoms with van der Waals surface area (Å²) in [6.07, 6.45) is 2.62. The summed E-state index contributed by atoms with van der Waals surface area (Å²) in [5.74, 6) is 0.139. The first-order valence-corrected chi connectivity index (χ1v) is 8.17. The Kier molecular flexibility index (Phi) is 4.06. The number of aliphatic hydroxyl groups excluding tert-OH is 1. The molecule has 1 aliphatic rings. The van der Waals surface area contributed by atoms with Gasteiger partial charge in [0.1, 0.15) is 6.04 Å². The van der Waals surface area contributed by atoms with Crippen molar-refractivity contribution >= 4 is 22.5 Å². The topological polar surface area (TPSA) is 68.4 Å². The highest BCUT2D eigenvalue weighted by atomic mass is 16.3. The molecule has 2 atom stereocenters. The predicted octanol–water partition coefficient (Wildman–Crippen LogP) is 1.97. The van der Waals surface area contributed by atoms with Crippen LogP contribution in [0.15, 0.2) is 18.3 Å². The SMILES string of the molecule is Cc1ccc2c3c(c[nH]c13)C[C@@H](CO)NC(=O)[C@H](C(C)C)N2C. The number of carbonyl (C=O) groups is 1. The molecule has 3 rings (SSSR count). The lowest BCUT2D eigenvalue weighted by Gasteiger charge is -2.32. The van der Waals surface area contributed by atoms with E-state index >= 15 is 0 Å². The lowest BCUT2D eigenvalue weighted by atomic mass is 9.99. The summed E-state index contributed by atoms with van der Waals surface area (Å²) in [5, 5.41) is 13.8. The van der Waals surface area contributed by atoms with E-state index in [2.05, 4.69) is 48.1 Å². The van der Waals surface area contributed by atoms with Crippen LogP contribution in [0.2, 0.25) is 0 Å². The summed E-state index contributed by atoms with van der Waals surface area (Å²) in [5.41, 5.74) is 4.49. The summed E-state index contributed by atoms with van der Waals surface area (Å²) in [6, 6.07) is 3.65. The van der Waals surface area contributed by atoms with E-state index in [0.29, 0.717) is 6.42 Å². The molecule has 0 fully saturated rings. The largest absolute Gasteiger partial charge is 0.394 e. The fourth-order valence-electron chi connectivity index (χ4n) is 3.68. The average molecular weight is 315 g/mol. The molecule has 124 valence electrons. The molecule has 0 radical (unpaired) electrons. The van der Waals surface area contributed by atoms with Gasteiger partial charge in [-0.1, -0.05) is 19.9 Å². The minimum atomic E-state index is -0.268. The molecule has 0 unspecified atom stereocenters. The number of aromatic amines is 1. The zero-order valence-electron chi connectivity index (χ0n) is 14.2. The van der Waals surface area contributed by atoms with Crippen molar-refractivity contribution in [3.8, 4) is 0 Å². The van der Waals surface area contributed by atoms with E-state index in [4.69, 9.17) is 0 Å². The summed E-state index contributed by atoms with van der Waals surface area (Å²) < 4.78 is 0. The monoisotopic (exact) mass is 315 g/mol. The number of carbonyl (C=O) groups excluding carboxylic acids is 1. The van der Waals surface area contributed by atoms with Crippen molar-refractivity contribution in [1.82, 2.24) is 10.3 Å². The molecular formula is C18H25N3O2. The Morgan fingerprint density at radius 2 is 2.13 bits per heavy atom. The van der Waals surface area contributed by atoms with Crippen LogP contribution < -0.4 is 10.2 Å². The first-order valence-electron chi connectivity index (χ1n) is 8.17. The Balaban J connectivity index is 2.24. The van der Waals surface area contributed by atoms with Gasteiger partial charge in [-0.15, -0.1) is 0 Å². The maximum atomic E-state index is 12.7. The molecule has 2 heterocycles. The molecule has 1 aromatic heterocycles. The number of rotatable bonds is 2. The standard InChI is InChI=1S/C18H25N3O2/c1-10(2)17-18(23)20-13(9-22)7-12-8-19-16-11(3)5-6-14(15(12)16)21(17)4/h5-6,8,10,13,17,19,22H,7,9H2,1-4H3,(H,20,23)/t13-,17-/m0/s1. The lowest BCUT2D eigenvalue weighted by molar-refractivity contribution is -0.124. The van der Waals surface area contributed by atoms with Gasteiger partial charge in [-0.2, -0.15) is 0 Å². The maximum Gasteiger partial charge on any atom is 0.243 e. The molecule has 0 saturated heterocycles. The molecule has 23 heavy (non-hydrogen) atoms. The van der Waals surface area contributed by atoms with Gasteiger partial charge in [0, 0.05) is 24.3 Å². The number of aliphatic hydroxyl groups is 1. The van der Waals surface area contributed by atoms with Crippen molar-refractivity contribution in [3.05, 3.63) is 29.5 Å². The summed E-state index contributed by atoms with van der Waals surface area (Å²) in [7, 11) is 1.98. The number of aromatic nitrogens is 1. The van der Waals surface area contributed by atoms with Crippen LogP contribution in [0, 0.1) is 12.8 Å². The molecule has 5 nitrogen and oxygen atoms in total. The second-order valence-corrected chi connectivity index (χ2v) is 6.86. The van der Waals surface area contributed by atoms with Crippen molar-refractivity contribution in [3.63, 3.8) is 0 Å². The molecule has 1 aliphatic heterocycles. The van der Waals surface area contributed by atoms with Crippen LogP contribution >= 0.6 is 0 Å². The Bertz CT molecular complexity index is 735. The highest BCUT2D eigenvalue weighted by Crippen LogP contribution is 2.34. The van der Waals surface area contributed by atoms with Crippen LogP contribution in [-0.2, 0) is 11.2 Å². The van der Waals surface area contributed by atoms with Crippen LogP contribution in [-0.4, -0.2) is 41.7 Å². The number of hydrogen-bond acceptors (Lipinski definition) is 3. The van der Waals surface area contributed by atoms with Crippen LogP contribution in [0.5, 0.6) is 0 Å². The third-order valence-electron chi connectivity index (χ3n) is 4.83. The predicted molar refractivity (Wildman–Crippen MR) is 92.8 cm³/mol.